The summed E-state index contributed by atoms with van der Waals surface area (Å²) < 4.78 is 6.55. The number of ether oxygens (including phenoxy) is 1. The molecule has 0 aliphatic rings. The maximum absolute atomic E-state index is 8.90. The van der Waals surface area contributed by atoms with Crippen LogP contribution in [-0.4, -0.2) is 6.10 Å². The van der Waals surface area contributed by atoms with Gasteiger partial charge in [-0.25, -0.2) is 0 Å². The molecular weight excluding hydrogens is 278 g/mol. The van der Waals surface area contributed by atoms with Crippen LogP contribution < -0.4 is 4.74 Å². The van der Waals surface area contributed by atoms with Crippen molar-refractivity contribution in [1.82, 2.24) is 0 Å². The average molecular weight is 290 g/mol. The first-order valence-electron chi connectivity index (χ1n) is 5.49. The highest BCUT2D eigenvalue weighted by Gasteiger charge is 2.10. The highest BCUT2D eigenvalue weighted by Crippen LogP contribution is 2.33. The Morgan fingerprint density at radius 1 is 1.29 bits per heavy atom. The summed E-state index contributed by atoms with van der Waals surface area (Å²) in [5.74, 6) is 0.720. The Morgan fingerprint density at radius 3 is 2.76 bits per heavy atom. The van der Waals surface area contributed by atoms with Crippen molar-refractivity contribution in [3.8, 4) is 11.8 Å². The lowest BCUT2D eigenvalue weighted by Gasteiger charge is -2.13. The van der Waals surface area contributed by atoms with Crippen molar-refractivity contribution < 1.29 is 4.74 Å². The van der Waals surface area contributed by atoms with Crippen molar-refractivity contribution in [2.24, 2.45) is 0 Å². The van der Waals surface area contributed by atoms with E-state index in [1.165, 1.54) is 0 Å². The lowest BCUT2D eigenvalue weighted by Crippen LogP contribution is -2.12. The number of hydrogen-bond donors (Lipinski definition) is 0. The van der Waals surface area contributed by atoms with Crippen LogP contribution in [0.5, 0.6) is 5.75 Å². The van der Waals surface area contributed by atoms with E-state index in [0.29, 0.717) is 6.42 Å². The van der Waals surface area contributed by atoms with Gasteiger partial charge in [0.05, 0.1) is 4.47 Å². The molecule has 2 nitrogen and oxygen atoms in total. The molecule has 17 heavy (non-hydrogen) atoms. The maximum atomic E-state index is 8.90. The molecule has 2 rings (SSSR count). The summed E-state index contributed by atoms with van der Waals surface area (Å²) in [6, 6.07) is 14.1. The molecular formula is C14H12BrNO. The van der Waals surface area contributed by atoms with Gasteiger partial charge >= 0.3 is 0 Å². The molecule has 0 spiro atoms. The molecule has 1 unspecified atom stereocenters. The molecule has 0 saturated carbocycles. The van der Waals surface area contributed by atoms with E-state index in [-0.39, 0.29) is 0 Å². The van der Waals surface area contributed by atoms with Crippen LogP contribution in [-0.2, 0) is 0 Å². The Labute approximate surface area is 109 Å². The highest BCUT2D eigenvalue weighted by atomic mass is 79.9. The van der Waals surface area contributed by atoms with Gasteiger partial charge in [0.25, 0.3) is 0 Å². The minimum absolute atomic E-state index is 0.396. The van der Waals surface area contributed by atoms with Gasteiger partial charge in [0.2, 0.25) is 0 Å². The van der Waals surface area contributed by atoms with E-state index in [2.05, 4.69) is 22.0 Å². The Hall–Kier alpha value is -1.53. The van der Waals surface area contributed by atoms with Gasteiger partial charge in [-0.15, -0.1) is 0 Å². The van der Waals surface area contributed by atoms with Crippen molar-refractivity contribution in [3.05, 3.63) is 40.9 Å². The van der Waals surface area contributed by atoms with E-state index in [0.717, 1.165) is 21.0 Å². The second kappa shape index (κ2) is 5.20. The Bertz CT molecular complexity index is 574. The maximum Gasteiger partial charge on any atom is 0.184 e. The number of rotatable bonds is 3. The SMILES string of the molecule is CCC(C#N)Oc1ccc2ccccc2c1Br. The fraction of sp³-hybridized carbons (Fsp3) is 0.214. The molecule has 0 saturated heterocycles. The zero-order valence-corrected chi connectivity index (χ0v) is 11.1. The molecule has 0 aliphatic carbocycles. The molecule has 2 aromatic rings. The van der Waals surface area contributed by atoms with E-state index in [9.17, 15) is 0 Å². The molecule has 0 aromatic heterocycles. The topological polar surface area (TPSA) is 33.0 Å². The lowest BCUT2D eigenvalue weighted by atomic mass is 10.1. The molecule has 0 fully saturated rings. The quantitative estimate of drug-likeness (QED) is 0.845. The first-order chi connectivity index (χ1) is 8.26. The third-order valence-electron chi connectivity index (χ3n) is 2.61. The van der Waals surface area contributed by atoms with Crippen molar-refractivity contribution in [1.29, 1.82) is 5.26 Å². The standard InChI is InChI=1S/C14H12BrNO/c1-2-11(9-16)17-13-8-7-10-5-3-4-6-12(10)14(13)15/h3-8,11H,2H2,1H3. The van der Waals surface area contributed by atoms with Gasteiger partial charge in [0.1, 0.15) is 11.8 Å². The van der Waals surface area contributed by atoms with E-state index in [1.54, 1.807) is 0 Å². The van der Waals surface area contributed by atoms with Crippen LogP contribution in [0.15, 0.2) is 40.9 Å². The van der Waals surface area contributed by atoms with Gasteiger partial charge in [0.15, 0.2) is 6.10 Å². The van der Waals surface area contributed by atoms with E-state index >= 15 is 0 Å². The Balaban J connectivity index is 2.43. The Kier molecular flexibility index (Phi) is 3.65. The Morgan fingerprint density at radius 2 is 2.06 bits per heavy atom. The molecule has 0 aliphatic heterocycles. The molecule has 1 atom stereocenters. The van der Waals surface area contributed by atoms with Gasteiger partial charge in [-0.3, -0.25) is 0 Å². The molecule has 2 aromatic carbocycles. The molecule has 0 amide bonds. The van der Waals surface area contributed by atoms with Gasteiger partial charge in [-0.2, -0.15) is 5.26 Å². The minimum atomic E-state index is -0.396. The molecule has 0 radical (unpaired) electrons. The zero-order chi connectivity index (χ0) is 12.3. The normalized spacial score (nSPS) is 12.1. The third kappa shape index (κ3) is 2.42. The number of fused-ring (bicyclic) bond motifs is 1. The second-order valence-corrected chi connectivity index (χ2v) is 4.54. The van der Waals surface area contributed by atoms with Crippen molar-refractivity contribution in [2.45, 2.75) is 19.4 Å². The van der Waals surface area contributed by atoms with E-state index in [1.807, 2.05) is 43.3 Å². The predicted molar refractivity (Wildman–Crippen MR) is 72.0 cm³/mol. The first kappa shape index (κ1) is 11.9. The largest absolute Gasteiger partial charge is 0.474 e. The summed E-state index contributed by atoms with van der Waals surface area (Å²) in [5, 5.41) is 11.1. The second-order valence-electron chi connectivity index (χ2n) is 3.74. The van der Waals surface area contributed by atoms with Gasteiger partial charge in [0, 0.05) is 0 Å². The summed E-state index contributed by atoms with van der Waals surface area (Å²) in [7, 11) is 0. The summed E-state index contributed by atoms with van der Waals surface area (Å²) in [4.78, 5) is 0. The molecule has 0 N–H and O–H groups in total. The zero-order valence-electron chi connectivity index (χ0n) is 9.48. The summed E-state index contributed by atoms with van der Waals surface area (Å²) in [6.45, 7) is 1.93. The van der Waals surface area contributed by atoms with Crippen molar-refractivity contribution in [2.75, 3.05) is 0 Å². The fourth-order valence-corrected chi connectivity index (χ4v) is 2.25. The highest BCUT2D eigenvalue weighted by molar-refractivity contribution is 9.10. The number of hydrogen-bond acceptors (Lipinski definition) is 2. The average Bonchev–Trinajstić information content (AvgIpc) is 2.38. The van der Waals surface area contributed by atoms with Crippen molar-refractivity contribution in [3.63, 3.8) is 0 Å². The van der Waals surface area contributed by atoms with Gasteiger partial charge in [-0.05, 0) is 39.2 Å². The fourth-order valence-electron chi connectivity index (χ4n) is 1.66. The van der Waals surface area contributed by atoms with E-state index < -0.39 is 6.10 Å². The lowest BCUT2D eigenvalue weighted by molar-refractivity contribution is 0.251. The molecule has 86 valence electrons. The summed E-state index contributed by atoms with van der Waals surface area (Å²) in [6.07, 6.45) is 0.280. The number of benzene rings is 2. The van der Waals surface area contributed by atoms with Crippen molar-refractivity contribution >= 4 is 26.7 Å². The van der Waals surface area contributed by atoms with Gasteiger partial charge in [-0.1, -0.05) is 37.3 Å². The van der Waals surface area contributed by atoms with Crippen LogP contribution in [0.2, 0.25) is 0 Å². The van der Waals surface area contributed by atoms with Crippen LogP contribution in [0.3, 0.4) is 0 Å². The predicted octanol–water partition coefficient (Wildman–Crippen LogP) is 4.28. The molecule has 3 heteroatoms. The van der Waals surface area contributed by atoms with Crippen LogP contribution in [0, 0.1) is 11.3 Å². The van der Waals surface area contributed by atoms with E-state index in [4.69, 9.17) is 10.00 Å². The monoisotopic (exact) mass is 289 g/mol. The smallest absolute Gasteiger partial charge is 0.184 e. The molecule has 0 heterocycles. The molecule has 0 bridgehead atoms. The number of nitriles is 1. The van der Waals surface area contributed by atoms with Crippen LogP contribution in [0.4, 0.5) is 0 Å². The summed E-state index contributed by atoms with van der Waals surface area (Å²) in [5.41, 5.74) is 0. The van der Waals surface area contributed by atoms with Crippen LogP contribution in [0.25, 0.3) is 10.8 Å². The minimum Gasteiger partial charge on any atom is -0.474 e. The number of halogens is 1. The van der Waals surface area contributed by atoms with Crippen LogP contribution >= 0.6 is 15.9 Å². The first-order valence-corrected chi connectivity index (χ1v) is 6.29. The summed E-state index contributed by atoms with van der Waals surface area (Å²) >= 11 is 3.53. The van der Waals surface area contributed by atoms with Gasteiger partial charge < -0.3 is 4.74 Å². The van der Waals surface area contributed by atoms with Crippen LogP contribution in [0.1, 0.15) is 13.3 Å². The third-order valence-corrected chi connectivity index (χ3v) is 3.43. The number of nitrogens with zero attached hydrogens (tertiary/aromatic N) is 1.